The molecule has 1 spiro atoms. The number of nitrogens with one attached hydrogen (secondary N) is 1. The Kier molecular flexibility index (Phi) is 6.11. The van der Waals surface area contributed by atoms with Crippen LogP contribution in [0.5, 0.6) is 0 Å². The van der Waals surface area contributed by atoms with Gasteiger partial charge in [0.1, 0.15) is 0 Å². The van der Waals surface area contributed by atoms with E-state index in [2.05, 4.69) is 17.1 Å². The Labute approximate surface area is 119 Å². The first kappa shape index (κ1) is 15.3. The van der Waals surface area contributed by atoms with E-state index in [-0.39, 0.29) is 0 Å². The predicted molar refractivity (Wildman–Crippen MR) is 80.6 cm³/mol. The van der Waals surface area contributed by atoms with Crippen molar-refractivity contribution in [2.45, 2.75) is 69.9 Å². The Hall–Kier alpha value is -0.120. The molecule has 1 saturated heterocycles. The molecule has 0 bridgehead atoms. The van der Waals surface area contributed by atoms with Crippen LogP contribution in [0.25, 0.3) is 0 Å². The standard InChI is InChI=1S/C16H32N2O/c1-3-8-15(13-19-2)18-12-7-11-17-16(14-18)9-5-4-6-10-16/h15,17H,3-14H2,1-2H3. The third-order valence-electron chi connectivity index (χ3n) is 4.94. The minimum atomic E-state index is 0.411. The molecule has 1 atom stereocenters. The third kappa shape index (κ3) is 4.17. The highest BCUT2D eigenvalue weighted by Gasteiger charge is 2.36. The van der Waals surface area contributed by atoms with Crippen molar-refractivity contribution in [1.29, 1.82) is 0 Å². The summed E-state index contributed by atoms with van der Waals surface area (Å²) < 4.78 is 5.46. The highest BCUT2D eigenvalue weighted by Crippen LogP contribution is 2.31. The van der Waals surface area contributed by atoms with Crippen molar-refractivity contribution < 1.29 is 4.74 Å². The van der Waals surface area contributed by atoms with E-state index in [1.165, 1.54) is 71.0 Å². The first-order chi connectivity index (χ1) is 9.29. The van der Waals surface area contributed by atoms with Gasteiger partial charge in [-0.2, -0.15) is 0 Å². The maximum atomic E-state index is 5.46. The first-order valence-electron chi connectivity index (χ1n) is 8.28. The maximum absolute atomic E-state index is 5.46. The van der Waals surface area contributed by atoms with Crippen LogP contribution in [0.2, 0.25) is 0 Å². The van der Waals surface area contributed by atoms with Gasteiger partial charge in [0.25, 0.3) is 0 Å². The minimum Gasteiger partial charge on any atom is -0.383 e. The van der Waals surface area contributed by atoms with E-state index in [1.807, 2.05) is 7.11 Å². The number of methoxy groups -OCH3 is 1. The van der Waals surface area contributed by atoms with E-state index in [1.54, 1.807) is 0 Å². The van der Waals surface area contributed by atoms with E-state index >= 15 is 0 Å². The van der Waals surface area contributed by atoms with Crippen molar-refractivity contribution in [3.63, 3.8) is 0 Å². The Bertz CT molecular complexity index is 245. The first-order valence-corrected chi connectivity index (χ1v) is 8.28. The van der Waals surface area contributed by atoms with Crippen molar-refractivity contribution in [2.24, 2.45) is 0 Å². The average Bonchev–Trinajstić information content (AvgIpc) is 2.62. The smallest absolute Gasteiger partial charge is 0.0618 e. The van der Waals surface area contributed by atoms with Crippen LogP contribution in [0.15, 0.2) is 0 Å². The molecular formula is C16H32N2O. The molecule has 1 aliphatic heterocycles. The summed E-state index contributed by atoms with van der Waals surface area (Å²) in [5.41, 5.74) is 0.411. The zero-order valence-electron chi connectivity index (χ0n) is 12.9. The van der Waals surface area contributed by atoms with Gasteiger partial charge in [-0.05, 0) is 38.8 Å². The second-order valence-corrected chi connectivity index (χ2v) is 6.49. The fourth-order valence-electron chi connectivity index (χ4n) is 3.93. The lowest BCUT2D eigenvalue weighted by Gasteiger charge is -2.42. The highest BCUT2D eigenvalue weighted by molar-refractivity contribution is 4.96. The van der Waals surface area contributed by atoms with Crippen molar-refractivity contribution in [1.82, 2.24) is 10.2 Å². The van der Waals surface area contributed by atoms with Gasteiger partial charge in [-0.3, -0.25) is 4.90 Å². The van der Waals surface area contributed by atoms with E-state index in [0.717, 1.165) is 6.61 Å². The lowest BCUT2D eigenvalue weighted by Crippen LogP contribution is -2.54. The summed E-state index contributed by atoms with van der Waals surface area (Å²) >= 11 is 0. The van der Waals surface area contributed by atoms with Gasteiger partial charge in [0.15, 0.2) is 0 Å². The van der Waals surface area contributed by atoms with Crippen LogP contribution in [0.3, 0.4) is 0 Å². The molecule has 1 N–H and O–H groups in total. The molecule has 0 aromatic carbocycles. The second kappa shape index (κ2) is 7.61. The Morgan fingerprint density at radius 3 is 2.68 bits per heavy atom. The van der Waals surface area contributed by atoms with Crippen LogP contribution in [0.1, 0.15) is 58.3 Å². The molecule has 1 aliphatic carbocycles. The molecule has 19 heavy (non-hydrogen) atoms. The van der Waals surface area contributed by atoms with Crippen molar-refractivity contribution >= 4 is 0 Å². The number of hydrogen-bond acceptors (Lipinski definition) is 3. The quantitative estimate of drug-likeness (QED) is 0.830. The van der Waals surface area contributed by atoms with Crippen LogP contribution in [0.4, 0.5) is 0 Å². The molecule has 3 heteroatoms. The molecule has 2 rings (SSSR count). The van der Waals surface area contributed by atoms with Crippen LogP contribution < -0.4 is 5.32 Å². The molecule has 0 aromatic heterocycles. The lowest BCUT2D eigenvalue weighted by atomic mass is 9.81. The zero-order valence-corrected chi connectivity index (χ0v) is 12.9. The van der Waals surface area contributed by atoms with Gasteiger partial charge in [-0.1, -0.05) is 32.6 Å². The fraction of sp³-hybridized carbons (Fsp3) is 1.00. The zero-order chi connectivity index (χ0) is 13.6. The van der Waals surface area contributed by atoms with Crippen LogP contribution in [-0.2, 0) is 4.74 Å². The Morgan fingerprint density at radius 1 is 1.21 bits per heavy atom. The van der Waals surface area contributed by atoms with E-state index in [0.29, 0.717) is 11.6 Å². The van der Waals surface area contributed by atoms with Gasteiger partial charge in [-0.25, -0.2) is 0 Å². The molecule has 1 saturated carbocycles. The van der Waals surface area contributed by atoms with E-state index < -0.39 is 0 Å². The molecule has 2 fully saturated rings. The van der Waals surface area contributed by atoms with Gasteiger partial charge in [-0.15, -0.1) is 0 Å². The van der Waals surface area contributed by atoms with E-state index in [4.69, 9.17) is 4.74 Å². The summed E-state index contributed by atoms with van der Waals surface area (Å²) in [5.74, 6) is 0. The van der Waals surface area contributed by atoms with Crippen molar-refractivity contribution in [2.75, 3.05) is 33.4 Å². The highest BCUT2D eigenvalue weighted by atomic mass is 16.5. The summed E-state index contributed by atoms with van der Waals surface area (Å²) in [6.07, 6.45) is 10.8. The Morgan fingerprint density at radius 2 is 2.00 bits per heavy atom. The van der Waals surface area contributed by atoms with Crippen molar-refractivity contribution in [3.05, 3.63) is 0 Å². The third-order valence-corrected chi connectivity index (χ3v) is 4.94. The van der Waals surface area contributed by atoms with Crippen LogP contribution in [-0.4, -0.2) is 49.8 Å². The minimum absolute atomic E-state index is 0.411. The van der Waals surface area contributed by atoms with Crippen LogP contribution in [0, 0.1) is 0 Å². The predicted octanol–water partition coefficient (Wildman–Crippen LogP) is 2.80. The van der Waals surface area contributed by atoms with Gasteiger partial charge >= 0.3 is 0 Å². The summed E-state index contributed by atoms with van der Waals surface area (Å²) in [5, 5.41) is 3.88. The number of hydrogen-bond donors (Lipinski definition) is 1. The van der Waals surface area contributed by atoms with Gasteiger partial charge in [0.05, 0.1) is 6.61 Å². The summed E-state index contributed by atoms with van der Waals surface area (Å²) in [4.78, 5) is 2.72. The van der Waals surface area contributed by atoms with Gasteiger partial charge in [0, 0.05) is 25.2 Å². The SMILES string of the molecule is CCCC(COC)N1CCCNC2(CCCCC2)C1. The van der Waals surface area contributed by atoms with Crippen molar-refractivity contribution in [3.8, 4) is 0 Å². The second-order valence-electron chi connectivity index (χ2n) is 6.49. The fourth-order valence-corrected chi connectivity index (χ4v) is 3.93. The number of ether oxygens (including phenoxy) is 1. The molecule has 0 radical (unpaired) electrons. The molecule has 112 valence electrons. The lowest BCUT2D eigenvalue weighted by molar-refractivity contribution is 0.0630. The molecule has 1 unspecified atom stereocenters. The summed E-state index contributed by atoms with van der Waals surface area (Å²) in [6, 6.07) is 0.619. The molecule has 1 heterocycles. The maximum Gasteiger partial charge on any atom is 0.0618 e. The average molecular weight is 268 g/mol. The van der Waals surface area contributed by atoms with Crippen LogP contribution >= 0.6 is 0 Å². The monoisotopic (exact) mass is 268 g/mol. The number of rotatable bonds is 5. The topological polar surface area (TPSA) is 24.5 Å². The largest absolute Gasteiger partial charge is 0.383 e. The van der Waals surface area contributed by atoms with Gasteiger partial charge in [0.2, 0.25) is 0 Å². The van der Waals surface area contributed by atoms with E-state index in [9.17, 15) is 0 Å². The molecule has 3 nitrogen and oxygen atoms in total. The molecule has 0 aromatic rings. The summed E-state index contributed by atoms with van der Waals surface area (Å²) in [7, 11) is 1.84. The molecular weight excluding hydrogens is 236 g/mol. The number of nitrogens with zero attached hydrogens (tertiary/aromatic N) is 1. The molecule has 0 amide bonds. The molecule has 2 aliphatic rings. The Balaban J connectivity index is 2.01. The normalized spacial score (nSPS) is 26.2. The summed E-state index contributed by atoms with van der Waals surface area (Å²) in [6.45, 7) is 6.85. The van der Waals surface area contributed by atoms with Gasteiger partial charge < -0.3 is 10.1 Å².